The summed E-state index contributed by atoms with van der Waals surface area (Å²) >= 11 is 0. The first kappa shape index (κ1) is 21.6. The van der Waals surface area contributed by atoms with Crippen LogP contribution in [0.1, 0.15) is 18.4 Å². The molecule has 0 saturated carbocycles. The van der Waals surface area contributed by atoms with E-state index >= 15 is 0 Å². The van der Waals surface area contributed by atoms with Crippen molar-refractivity contribution in [2.45, 2.75) is 12.8 Å². The van der Waals surface area contributed by atoms with Gasteiger partial charge in [-0.3, -0.25) is 4.79 Å². The van der Waals surface area contributed by atoms with E-state index in [1.807, 2.05) is 30.3 Å². The molecule has 0 radical (unpaired) electrons. The lowest BCUT2D eigenvalue weighted by Gasteiger charge is -2.29. The number of piperidine rings is 1. The fraction of sp³-hybridized carbons (Fsp3) is 0.526. The van der Waals surface area contributed by atoms with Gasteiger partial charge in [-0.25, -0.2) is 8.42 Å². The molecule has 1 aromatic rings. The maximum absolute atomic E-state index is 12.4. The van der Waals surface area contributed by atoms with Crippen LogP contribution >= 0.6 is 0 Å². The highest BCUT2D eigenvalue weighted by Gasteiger charge is 2.29. The van der Waals surface area contributed by atoms with E-state index in [1.54, 1.807) is 13.2 Å². The number of carbonyl (C=O) groups excluding carboxylic acids is 1. The van der Waals surface area contributed by atoms with E-state index < -0.39 is 10.0 Å². The highest BCUT2D eigenvalue weighted by Crippen LogP contribution is 2.21. The predicted molar refractivity (Wildman–Crippen MR) is 104 cm³/mol. The van der Waals surface area contributed by atoms with Crippen LogP contribution in [0.5, 0.6) is 0 Å². The molecule has 0 spiro atoms. The summed E-state index contributed by atoms with van der Waals surface area (Å²) in [6.07, 6.45) is 2.64. The number of nitrogens with zero attached hydrogens (tertiary/aromatic N) is 1. The molecule has 0 unspecified atom stereocenters. The molecule has 1 aliphatic rings. The predicted octanol–water partition coefficient (Wildman–Crippen LogP) is 1.48. The minimum Gasteiger partial charge on any atom is -0.382 e. The molecular weight excluding hydrogens is 368 g/mol. The molecule has 0 aliphatic carbocycles. The van der Waals surface area contributed by atoms with Gasteiger partial charge in [0.25, 0.3) is 0 Å². The number of hydrogen-bond acceptors (Lipinski definition) is 5. The molecule has 0 bridgehead atoms. The second kappa shape index (κ2) is 11.2. The van der Waals surface area contributed by atoms with Crippen LogP contribution in [0.25, 0.3) is 6.08 Å². The van der Waals surface area contributed by atoms with Gasteiger partial charge in [0.05, 0.1) is 19.8 Å². The number of amides is 1. The second-order valence-electron chi connectivity index (χ2n) is 6.33. The van der Waals surface area contributed by atoms with E-state index in [9.17, 15) is 13.2 Å². The van der Waals surface area contributed by atoms with E-state index in [0.717, 1.165) is 5.56 Å². The molecule has 150 valence electrons. The average Bonchev–Trinajstić information content (AvgIpc) is 2.70. The van der Waals surface area contributed by atoms with Crippen LogP contribution in [0.2, 0.25) is 0 Å². The topological polar surface area (TPSA) is 84.9 Å². The van der Waals surface area contributed by atoms with Crippen LogP contribution in [0.4, 0.5) is 0 Å². The van der Waals surface area contributed by atoms with Crippen LogP contribution in [0.15, 0.2) is 35.7 Å². The van der Waals surface area contributed by atoms with Gasteiger partial charge in [0.2, 0.25) is 15.9 Å². The molecule has 0 atom stereocenters. The minimum atomic E-state index is -3.47. The van der Waals surface area contributed by atoms with Crippen LogP contribution in [0, 0.1) is 5.92 Å². The highest BCUT2D eigenvalue weighted by atomic mass is 32.2. The molecule has 1 aromatic carbocycles. The number of carbonyl (C=O) groups is 1. The normalized spacial score (nSPS) is 16.6. The number of sulfonamides is 1. The molecule has 1 aliphatic heterocycles. The summed E-state index contributed by atoms with van der Waals surface area (Å²) in [5.41, 5.74) is 0.836. The zero-order valence-electron chi connectivity index (χ0n) is 15.7. The van der Waals surface area contributed by atoms with Crippen LogP contribution in [0.3, 0.4) is 0 Å². The van der Waals surface area contributed by atoms with E-state index in [1.165, 1.54) is 9.71 Å². The summed E-state index contributed by atoms with van der Waals surface area (Å²) in [5.74, 6) is -0.198. The summed E-state index contributed by atoms with van der Waals surface area (Å²) in [6, 6.07) is 9.30. The fourth-order valence-electron chi connectivity index (χ4n) is 2.82. The van der Waals surface area contributed by atoms with Crippen molar-refractivity contribution in [2.24, 2.45) is 5.92 Å². The van der Waals surface area contributed by atoms with Gasteiger partial charge in [-0.15, -0.1) is 0 Å². The minimum absolute atomic E-state index is 0.0396. The van der Waals surface area contributed by atoms with Crippen molar-refractivity contribution in [1.82, 2.24) is 9.62 Å². The number of ether oxygens (including phenoxy) is 2. The molecule has 1 saturated heterocycles. The first-order chi connectivity index (χ1) is 13.0. The van der Waals surface area contributed by atoms with Crippen molar-refractivity contribution in [2.75, 3.05) is 46.6 Å². The van der Waals surface area contributed by atoms with E-state index in [4.69, 9.17) is 9.47 Å². The smallest absolute Gasteiger partial charge is 0.236 e. The molecule has 27 heavy (non-hydrogen) atoms. The monoisotopic (exact) mass is 396 g/mol. The van der Waals surface area contributed by atoms with Crippen molar-refractivity contribution in [3.05, 3.63) is 41.3 Å². The first-order valence-corrected chi connectivity index (χ1v) is 10.6. The van der Waals surface area contributed by atoms with Crippen LogP contribution < -0.4 is 5.32 Å². The Morgan fingerprint density at radius 1 is 1.19 bits per heavy atom. The van der Waals surface area contributed by atoms with Crippen molar-refractivity contribution < 1.29 is 22.7 Å². The lowest BCUT2D eigenvalue weighted by atomic mass is 9.97. The quantitative estimate of drug-likeness (QED) is 0.606. The molecule has 1 heterocycles. The molecule has 1 amide bonds. The van der Waals surface area contributed by atoms with E-state index in [-0.39, 0.29) is 11.8 Å². The second-order valence-corrected chi connectivity index (χ2v) is 8.15. The summed E-state index contributed by atoms with van der Waals surface area (Å²) in [4.78, 5) is 12.2. The molecule has 8 heteroatoms. The van der Waals surface area contributed by atoms with E-state index in [2.05, 4.69) is 5.32 Å². The third-order valence-electron chi connectivity index (χ3n) is 4.39. The Bertz CT molecular complexity index is 698. The van der Waals surface area contributed by atoms with Crippen molar-refractivity contribution in [3.63, 3.8) is 0 Å². The van der Waals surface area contributed by atoms with Gasteiger partial charge >= 0.3 is 0 Å². The summed E-state index contributed by atoms with van der Waals surface area (Å²) < 4.78 is 36.5. The highest BCUT2D eigenvalue weighted by molar-refractivity contribution is 7.92. The molecule has 0 aromatic heterocycles. The average molecular weight is 397 g/mol. The lowest BCUT2D eigenvalue weighted by Crippen LogP contribution is -2.43. The Morgan fingerprint density at radius 2 is 1.89 bits per heavy atom. The molecule has 2 rings (SSSR count). The van der Waals surface area contributed by atoms with Gasteiger partial charge < -0.3 is 14.8 Å². The van der Waals surface area contributed by atoms with Gasteiger partial charge in [0, 0.05) is 38.1 Å². The van der Waals surface area contributed by atoms with Gasteiger partial charge in [0.15, 0.2) is 0 Å². The van der Waals surface area contributed by atoms with Crippen molar-refractivity contribution in [3.8, 4) is 0 Å². The number of nitrogens with one attached hydrogen (secondary N) is 1. The number of rotatable bonds is 10. The Morgan fingerprint density at radius 3 is 2.56 bits per heavy atom. The zero-order valence-corrected chi connectivity index (χ0v) is 16.5. The van der Waals surface area contributed by atoms with Gasteiger partial charge in [-0.05, 0) is 24.5 Å². The Kier molecular flexibility index (Phi) is 8.93. The Labute approximate surface area is 161 Å². The van der Waals surface area contributed by atoms with Gasteiger partial charge in [-0.1, -0.05) is 30.3 Å². The summed E-state index contributed by atoms with van der Waals surface area (Å²) in [6.45, 7) is 2.61. The number of benzene rings is 1. The maximum atomic E-state index is 12.4. The molecule has 7 nitrogen and oxygen atoms in total. The van der Waals surface area contributed by atoms with Crippen molar-refractivity contribution in [1.29, 1.82) is 0 Å². The van der Waals surface area contributed by atoms with Gasteiger partial charge in [-0.2, -0.15) is 4.31 Å². The number of hydrogen-bond donors (Lipinski definition) is 1. The van der Waals surface area contributed by atoms with Crippen LogP contribution in [-0.2, 0) is 24.3 Å². The molecule has 1 fully saturated rings. The SMILES string of the molecule is COCCOCCNC(=O)C1CCN(S(=O)(=O)/C=C/c2ccccc2)CC1. The fourth-order valence-corrected chi connectivity index (χ4v) is 4.04. The maximum Gasteiger partial charge on any atom is 0.236 e. The summed E-state index contributed by atoms with van der Waals surface area (Å²) in [7, 11) is -1.86. The number of methoxy groups -OCH3 is 1. The lowest BCUT2D eigenvalue weighted by molar-refractivity contribution is -0.126. The first-order valence-electron chi connectivity index (χ1n) is 9.10. The van der Waals surface area contributed by atoms with E-state index in [0.29, 0.717) is 52.3 Å². The largest absolute Gasteiger partial charge is 0.382 e. The summed E-state index contributed by atoms with van der Waals surface area (Å²) in [5, 5.41) is 4.08. The van der Waals surface area contributed by atoms with Gasteiger partial charge in [0.1, 0.15) is 0 Å². The standard InChI is InChI=1S/C19H28N2O5S/c1-25-14-15-26-13-10-20-19(22)18-7-11-21(12-8-18)27(23,24)16-9-17-5-3-2-4-6-17/h2-6,9,16,18H,7-8,10-15H2,1H3,(H,20,22)/b16-9+. The Hall–Kier alpha value is -1.74. The Balaban J connectivity index is 1.74. The zero-order chi connectivity index (χ0) is 19.5. The third-order valence-corrected chi connectivity index (χ3v) is 5.96. The molecule has 1 N–H and O–H groups in total. The van der Waals surface area contributed by atoms with Crippen LogP contribution in [-0.4, -0.2) is 65.2 Å². The molecular formula is C19H28N2O5S. The third kappa shape index (κ3) is 7.42. The van der Waals surface area contributed by atoms with Crippen molar-refractivity contribution >= 4 is 22.0 Å².